The van der Waals surface area contributed by atoms with E-state index in [1.165, 1.54) is 0 Å². The molecule has 0 saturated carbocycles. The molecular formula is C72H52N8S2. The fourth-order valence-corrected chi connectivity index (χ4v) is 9.67. The second-order valence-corrected chi connectivity index (χ2v) is 19.1. The van der Waals surface area contributed by atoms with Crippen LogP contribution >= 0.6 is 27.0 Å². The SMILES string of the molecule is S.S.c1ccc2nc(-c3ccc4ccccc4n3)ccc2c1.c1ccc2nc(-c3ccc4ccccc4n3)ccc2c1.c1ccc2nc(-c3ccc4ccccc4n3)ccc2c1.c1ccc2nc(-c3ccc4ccccc4n3)ccc2c1. The van der Waals surface area contributed by atoms with Crippen LogP contribution in [0.5, 0.6) is 0 Å². The molecule has 16 rings (SSSR count). The van der Waals surface area contributed by atoms with E-state index >= 15 is 0 Å². The molecule has 0 N–H and O–H groups in total. The van der Waals surface area contributed by atoms with Crippen molar-refractivity contribution in [3.63, 3.8) is 0 Å². The molecule has 0 spiro atoms. The minimum absolute atomic E-state index is 0. The molecule has 0 fully saturated rings. The van der Waals surface area contributed by atoms with Crippen LogP contribution in [-0.2, 0) is 0 Å². The van der Waals surface area contributed by atoms with E-state index in [0.29, 0.717) is 0 Å². The smallest absolute Gasteiger partial charge is 0.0894 e. The third-order valence-corrected chi connectivity index (χ3v) is 13.8. The van der Waals surface area contributed by atoms with Crippen LogP contribution in [0, 0.1) is 0 Å². The second-order valence-electron chi connectivity index (χ2n) is 19.1. The Labute approximate surface area is 487 Å². The van der Waals surface area contributed by atoms with Gasteiger partial charge in [-0.3, -0.25) is 0 Å². The van der Waals surface area contributed by atoms with Gasteiger partial charge in [-0.2, -0.15) is 27.0 Å². The van der Waals surface area contributed by atoms with Gasteiger partial charge in [0.2, 0.25) is 0 Å². The van der Waals surface area contributed by atoms with Crippen LogP contribution < -0.4 is 0 Å². The number of fused-ring (bicyclic) bond motifs is 8. The lowest BCUT2D eigenvalue weighted by Crippen LogP contribution is -1.89. The van der Waals surface area contributed by atoms with Gasteiger partial charge in [0, 0.05) is 43.1 Å². The first kappa shape index (κ1) is 53.7. The van der Waals surface area contributed by atoms with Gasteiger partial charge < -0.3 is 0 Å². The van der Waals surface area contributed by atoms with Crippen LogP contribution in [0.4, 0.5) is 0 Å². The van der Waals surface area contributed by atoms with Crippen LogP contribution in [0.1, 0.15) is 0 Å². The van der Waals surface area contributed by atoms with Crippen molar-refractivity contribution < 1.29 is 0 Å². The summed E-state index contributed by atoms with van der Waals surface area (Å²) < 4.78 is 0. The Morgan fingerprint density at radius 3 is 0.354 bits per heavy atom. The molecule has 10 heteroatoms. The van der Waals surface area contributed by atoms with Gasteiger partial charge in [0.05, 0.1) is 89.7 Å². The Hall–Kier alpha value is -10.3. The van der Waals surface area contributed by atoms with E-state index in [2.05, 4.69) is 137 Å². The van der Waals surface area contributed by atoms with Gasteiger partial charge in [-0.25, -0.2) is 39.9 Å². The first-order valence-corrected chi connectivity index (χ1v) is 26.5. The number of hydrogen-bond acceptors (Lipinski definition) is 8. The fraction of sp³-hybridized carbons (Fsp3) is 0. The Bertz CT molecular complexity index is 3970. The first-order chi connectivity index (χ1) is 39.6. The van der Waals surface area contributed by atoms with Crippen molar-refractivity contribution in [2.24, 2.45) is 0 Å². The number of rotatable bonds is 4. The zero-order chi connectivity index (χ0) is 53.5. The van der Waals surface area contributed by atoms with Crippen LogP contribution in [0.2, 0.25) is 0 Å². The van der Waals surface area contributed by atoms with Gasteiger partial charge in [-0.1, -0.05) is 194 Å². The Balaban J connectivity index is 0.000000114. The molecule has 8 nitrogen and oxygen atoms in total. The minimum atomic E-state index is 0. The van der Waals surface area contributed by atoms with Crippen molar-refractivity contribution in [2.45, 2.75) is 0 Å². The largest absolute Gasteiger partial charge is 0.246 e. The Morgan fingerprint density at radius 1 is 0.122 bits per heavy atom. The quantitative estimate of drug-likeness (QED) is 0.172. The number of benzene rings is 8. The van der Waals surface area contributed by atoms with Gasteiger partial charge >= 0.3 is 0 Å². The van der Waals surface area contributed by atoms with E-state index in [1.807, 2.05) is 194 Å². The molecular weight excluding hydrogens is 1040 g/mol. The molecule has 8 heterocycles. The number of hydrogen-bond donors (Lipinski definition) is 0. The molecule has 0 unspecified atom stereocenters. The summed E-state index contributed by atoms with van der Waals surface area (Å²) in [6.45, 7) is 0. The van der Waals surface area contributed by atoms with Crippen molar-refractivity contribution in [1.29, 1.82) is 0 Å². The molecule has 8 aromatic heterocycles. The standard InChI is InChI=1S/4C18H12N2.2H2S/c4*1-3-7-15-13(5-1)9-11-17(19-15)18-12-10-14-6-2-4-8-16(14)20-18;;/h4*1-12H;2*1H2. The highest BCUT2D eigenvalue weighted by Gasteiger charge is 2.08. The summed E-state index contributed by atoms with van der Waals surface area (Å²) in [6.07, 6.45) is 0. The van der Waals surface area contributed by atoms with Gasteiger partial charge in [0.15, 0.2) is 0 Å². The van der Waals surface area contributed by atoms with E-state index in [0.717, 1.165) is 133 Å². The van der Waals surface area contributed by atoms with E-state index in [4.69, 9.17) is 0 Å². The number of nitrogens with zero attached hydrogens (tertiary/aromatic N) is 8. The van der Waals surface area contributed by atoms with Gasteiger partial charge in [0.1, 0.15) is 0 Å². The molecule has 0 aliphatic heterocycles. The Kier molecular flexibility index (Phi) is 16.3. The molecule has 0 bridgehead atoms. The topological polar surface area (TPSA) is 103 Å². The van der Waals surface area contributed by atoms with Crippen LogP contribution in [0.3, 0.4) is 0 Å². The average Bonchev–Trinajstić information content (AvgIpc) is 3.72. The number of pyridine rings is 8. The molecule has 0 amide bonds. The van der Waals surface area contributed by atoms with Gasteiger partial charge in [0.25, 0.3) is 0 Å². The lowest BCUT2D eigenvalue weighted by molar-refractivity contribution is 1.32. The third-order valence-electron chi connectivity index (χ3n) is 13.8. The summed E-state index contributed by atoms with van der Waals surface area (Å²) in [5, 5.41) is 9.20. The maximum absolute atomic E-state index is 4.69. The minimum Gasteiger partial charge on any atom is -0.246 e. The summed E-state index contributed by atoms with van der Waals surface area (Å²) in [7, 11) is 0. The third kappa shape index (κ3) is 12.0. The lowest BCUT2D eigenvalue weighted by Gasteiger charge is -2.04. The monoisotopic (exact) mass is 1090 g/mol. The maximum atomic E-state index is 4.69. The van der Waals surface area contributed by atoms with Crippen molar-refractivity contribution in [3.8, 4) is 45.6 Å². The van der Waals surface area contributed by atoms with Crippen molar-refractivity contribution >= 4 is 114 Å². The summed E-state index contributed by atoms with van der Waals surface area (Å²) in [5.41, 5.74) is 15.3. The average molecular weight is 1090 g/mol. The predicted molar refractivity (Wildman–Crippen MR) is 351 cm³/mol. The maximum Gasteiger partial charge on any atom is 0.0894 e. The van der Waals surface area contributed by atoms with E-state index in [9.17, 15) is 0 Å². The predicted octanol–water partition coefficient (Wildman–Crippen LogP) is 18.0. The number of para-hydroxylation sites is 8. The normalized spacial score (nSPS) is 10.7. The second kappa shape index (κ2) is 24.8. The highest BCUT2D eigenvalue weighted by Crippen LogP contribution is 2.27. The molecule has 82 heavy (non-hydrogen) atoms. The van der Waals surface area contributed by atoms with Crippen molar-refractivity contribution in [3.05, 3.63) is 291 Å². The summed E-state index contributed by atoms with van der Waals surface area (Å²) in [5.74, 6) is 0. The molecule has 0 atom stereocenters. The molecule has 0 aliphatic rings. The zero-order valence-corrected chi connectivity index (χ0v) is 46.3. The van der Waals surface area contributed by atoms with E-state index < -0.39 is 0 Å². The molecule has 0 saturated heterocycles. The van der Waals surface area contributed by atoms with E-state index in [1.54, 1.807) is 0 Å². The molecule has 0 radical (unpaired) electrons. The van der Waals surface area contributed by atoms with Crippen molar-refractivity contribution in [1.82, 2.24) is 39.9 Å². The molecule has 392 valence electrons. The Morgan fingerprint density at radius 2 is 0.232 bits per heavy atom. The van der Waals surface area contributed by atoms with Crippen LogP contribution in [-0.4, -0.2) is 39.9 Å². The van der Waals surface area contributed by atoms with Crippen molar-refractivity contribution in [2.75, 3.05) is 0 Å². The summed E-state index contributed by atoms with van der Waals surface area (Å²) in [4.78, 5) is 37.5. The lowest BCUT2D eigenvalue weighted by atomic mass is 10.1. The zero-order valence-electron chi connectivity index (χ0n) is 44.3. The van der Waals surface area contributed by atoms with Gasteiger partial charge in [-0.15, -0.1) is 0 Å². The number of aromatic nitrogens is 8. The summed E-state index contributed by atoms with van der Waals surface area (Å²) >= 11 is 0. The molecule has 16 aromatic rings. The first-order valence-electron chi connectivity index (χ1n) is 26.5. The van der Waals surface area contributed by atoms with E-state index in [-0.39, 0.29) is 27.0 Å². The molecule has 8 aromatic carbocycles. The fourth-order valence-electron chi connectivity index (χ4n) is 9.67. The van der Waals surface area contributed by atoms with Gasteiger partial charge in [-0.05, 0) is 97.1 Å². The summed E-state index contributed by atoms with van der Waals surface area (Å²) in [6, 6.07) is 98.0. The highest BCUT2D eigenvalue weighted by molar-refractivity contribution is 7.59. The van der Waals surface area contributed by atoms with Crippen LogP contribution in [0.25, 0.3) is 133 Å². The highest BCUT2D eigenvalue weighted by atomic mass is 32.1. The van der Waals surface area contributed by atoms with Crippen LogP contribution in [0.15, 0.2) is 291 Å². The molecule has 0 aliphatic carbocycles.